The van der Waals surface area contributed by atoms with Gasteiger partial charge in [-0.05, 0) is 25.3 Å². The Bertz CT molecular complexity index is 494. The Balaban J connectivity index is 1.72. The first-order valence-corrected chi connectivity index (χ1v) is 6.15. The van der Waals surface area contributed by atoms with Gasteiger partial charge in [-0.15, -0.1) is 0 Å². The highest BCUT2D eigenvalue weighted by Gasteiger charge is 2.20. The summed E-state index contributed by atoms with van der Waals surface area (Å²) in [4.78, 5) is 7.76. The van der Waals surface area contributed by atoms with Gasteiger partial charge in [-0.1, -0.05) is 29.8 Å². The van der Waals surface area contributed by atoms with Crippen LogP contribution >= 0.6 is 0 Å². The number of rotatable bonds is 4. The molecule has 17 heavy (non-hydrogen) atoms. The lowest BCUT2D eigenvalue weighted by Crippen LogP contribution is -2.16. The summed E-state index contributed by atoms with van der Waals surface area (Å²) in [6.45, 7) is 2.94. The van der Waals surface area contributed by atoms with Crippen LogP contribution < -0.4 is 5.32 Å². The molecule has 1 aliphatic rings. The zero-order valence-electron chi connectivity index (χ0n) is 10.0. The lowest BCUT2D eigenvalue weighted by molar-refractivity contribution is 0.664. The summed E-state index contributed by atoms with van der Waals surface area (Å²) in [5.41, 5.74) is 3.57. The van der Waals surface area contributed by atoms with Crippen LogP contribution in [0.15, 0.2) is 30.5 Å². The van der Waals surface area contributed by atoms with Gasteiger partial charge in [0.15, 0.2) is 0 Å². The summed E-state index contributed by atoms with van der Waals surface area (Å²) >= 11 is 0. The number of nitrogens with zero attached hydrogens (tertiary/aromatic N) is 1. The van der Waals surface area contributed by atoms with E-state index in [4.69, 9.17) is 0 Å². The average molecular weight is 227 g/mol. The Hall–Kier alpha value is -1.61. The number of aromatic nitrogens is 2. The number of nitrogens with one attached hydrogen (secondary N) is 2. The van der Waals surface area contributed by atoms with Crippen LogP contribution in [0.25, 0.3) is 11.3 Å². The maximum Gasteiger partial charge on any atom is 0.120 e. The van der Waals surface area contributed by atoms with Crippen LogP contribution in [0.1, 0.15) is 24.2 Å². The molecule has 3 nitrogen and oxygen atoms in total. The molecular weight excluding hydrogens is 210 g/mol. The molecule has 0 amide bonds. The monoisotopic (exact) mass is 227 g/mol. The van der Waals surface area contributed by atoms with Crippen molar-refractivity contribution in [3.8, 4) is 11.3 Å². The van der Waals surface area contributed by atoms with Crippen molar-refractivity contribution >= 4 is 0 Å². The summed E-state index contributed by atoms with van der Waals surface area (Å²) in [7, 11) is 0. The van der Waals surface area contributed by atoms with Gasteiger partial charge in [0.05, 0.1) is 18.4 Å². The second-order valence-corrected chi connectivity index (χ2v) is 4.76. The van der Waals surface area contributed by atoms with E-state index in [2.05, 4.69) is 46.5 Å². The molecule has 1 aliphatic carbocycles. The molecule has 3 heteroatoms. The largest absolute Gasteiger partial charge is 0.341 e. The molecule has 1 aromatic carbocycles. The molecule has 2 aromatic rings. The van der Waals surface area contributed by atoms with E-state index in [0.29, 0.717) is 0 Å². The minimum Gasteiger partial charge on any atom is -0.341 e. The van der Waals surface area contributed by atoms with E-state index in [1.165, 1.54) is 24.0 Å². The number of hydrogen-bond donors (Lipinski definition) is 2. The number of aromatic amines is 1. The third-order valence-electron chi connectivity index (χ3n) is 3.13. The van der Waals surface area contributed by atoms with Crippen LogP contribution in [0.3, 0.4) is 0 Å². The van der Waals surface area contributed by atoms with Gasteiger partial charge in [0.1, 0.15) is 5.82 Å². The average Bonchev–Trinajstić information content (AvgIpc) is 3.06. The quantitative estimate of drug-likeness (QED) is 0.843. The highest BCUT2D eigenvalue weighted by atomic mass is 15.0. The van der Waals surface area contributed by atoms with Gasteiger partial charge in [-0.2, -0.15) is 0 Å². The summed E-state index contributed by atoms with van der Waals surface area (Å²) in [5, 5.41) is 3.45. The first kappa shape index (κ1) is 10.5. The molecule has 1 fully saturated rings. The molecule has 0 spiro atoms. The molecule has 0 saturated heterocycles. The summed E-state index contributed by atoms with van der Waals surface area (Å²) in [6.07, 6.45) is 4.53. The Kier molecular flexibility index (Phi) is 2.69. The third kappa shape index (κ3) is 2.56. The molecule has 0 radical (unpaired) electrons. The first-order valence-electron chi connectivity index (χ1n) is 6.15. The van der Waals surface area contributed by atoms with Gasteiger partial charge in [0, 0.05) is 6.04 Å². The summed E-state index contributed by atoms with van der Waals surface area (Å²) < 4.78 is 0. The third-order valence-corrected chi connectivity index (χ3v) is 3.13. The minimum atomic E-state index is 0.725. The Morgan fingerprint density at radius 3 is 2.76 bits per heavy atom. The van der Waals surface area contributed by atoms with E-state index in [1.54, 1.807) is 0 Å². The molecule has 1 aromatic heterocycles. The van der Waals surface area contributed by atoms with E-state index in [1.807, 2.05) is 6.20 Å². The lowest BCUT2D eigenvalue weighted by Gasteiger charge is -1.99. The number of H-pyrrole nitrogens is 1. The van der Waals surface area contributed by atoms with E-state index in [9.17, 15) is 0 Å². The fourth-order valence-electron chi connectivity index (χ4n) is 1.86. The van der Waals surface area contributed by atoms with Crippen LogP contribution in [0.2, 0.25) is 0 Å². The predicted molar refractivity (Wildman–Crippen MR) is 68.6 cm³/mol. The van der Waals surface area contributed by atoms with Gasteiger partial charge in [0.2, 0.25) is 0 Å². The van der Waals surface area contributed by atoms with E-state index >= 15 is 0 Å². The second-order valence-electron chi connectivity index (χ2n) is 4.76. The maximum atomic E-state index is 4.40. The van der Waals surface area contributed by atoms with Crippen molar-refractivity contribution in [3.63, 3.8) is 0 Å². The van der Waals surface area contributed by atoms with Gasteiger partial charge in [0.25, 0.3) is 0 Å². The standard InChI is InChI=1S/C14H17N3/c1-10-2-4-11(5-3-10)13-8-16-14(17-13)9-15-12-6-7-12/h2-5,8,12,15H,6-7,9H2,1H3,(H,16,17). The maximum absolute atomic E-state index is 4.40. The van der Waals surface area contributed by atoms with Crippen molar-refractivity contribution < 1.29 is 0 Å². The van der Waals surface area contributed by atoms with Crippen molar-refractivity contribution in [1.82, 2.24) is 15.3 Å². The zero-order chi connectivity index (χ0) is 11.7. The molecule has 0 atom stereocenters. The van der Waals surface area contributed by atoms with Gasteiger partial charge < -0.3 is 10.3 Å². The molecule has 1 heterocycles. The first-order chi connectivity index (χ1) is 8.31. The van der Waals surface area contributed by atoms with Crippen LogP contribution in [0, 0.1) is 6.92 Å². The highest BCUT2D eigenvalue weighted by molar-refractivity contribution is 5.58. The van der Waals surface area contributed by atoms with Crippen LogP contribution in [-0.2, 0) is 6.54 Å². The molecular formula is C14H17N3. The predicted octanol–water partition coefficient (Wildman–Crippen LogP) is 2.64. The van der Waals surface area contributed by atoms with Gasteiger partial charge in [-0.3, -0.25) is 0 Å². The summed E-state index contributed by atoms with van der Waals surface area (Å²) in [6, 6.07) is 9.22. The fourth-order valence-corrected chi connectivity index (χ4v) is 1.86. The normalized spacial score (nSPS) is 15.1. The molecule has 0 unspecified atom stereocenters. The minimum absolute atomic E-state index is 0.725. The van der Waals surface area contributed by atoms with Crippen LogP contribution in [0.4, 0.5) is 0 Å². The molecule has 0 bridgehead atoms. The second kappa shape index (κ2) is 4.34. The van der Waals surface area contributed by atoms with Crippen molar-refractivity contribution in [2.24, 2.45) is 0 Å². The van der Waals surface area contributed by atoms with Crippen LogP contribution in [0.5, 0.6) is 0 Å². The van der Waals surface area contributed by atoms with Crippen molar-refractivity contribution in [1.29, 1.82) is 0 Å². The lowest BCUT2D eigenvalue weighted by atomic mass is 10.1. The topological polar surface area (TPSA) is 40.7 Å². The van der Waals surface area contributed by atoms with E-state index in [0.717, 1.165) is 24.1 Å². The van der Waals surface area contributed by atoms with Crippen LogP contribution in [-0.4, -0.2) is 16.0 Å². The summed E-state index contributed by atoms with van der Waals surface area (Å²) in [5.74, 6) is 1.02. The fraction of sp³-hybridized carbons (Fsp3) is 0.357. The van der Waals surface area contributed by atoms with Crippen molar-refractivity contribution in [2.45, 2.75) is 32.4 Å². The SMILES string of the molecule is Cc1ccc(-c2cnc(CNC3CC3)[nH]2)cc1. The number of hydrogen-bond acceptors (Lipinski definition) is 2. The number of aryl methyl sites for hydroxylation is 1. The van der Waals surface area contributed by atoms with E-state index < -0.39 is 0 Å². The smallest absolute Gasteiger partial charge is 0.120 e. The van der Waals surface area contributed by atoms with Crippen molar-refractivity contribution in [3.05, 3.63) is 41.9 Å². The van der Waals surface area contributed by atoms with Gasteiger partial charge >= 0.3 is 0 Å². The molecule has 3 rings (SSSR count). The zero-order valence-corrected chi connectivity index (χ0v) is 10.0. The highest BCUT2D eigenvalue weighted by Crippen LogP contribution is 2.20. The van der Waals surface area contributed by atoms with Gasteiger partial charge in [-0.25, -0.2) is 4.98 Å². The number of imidazole rings is 1. The molecule has 2 N–H and O–H groups in total. The Morgan fingerprint density at radius 1 is 1.29 bits per heavy atom. The molecule has 88 valence electrons. The Labute approximate surface area is 101 Å². The van der Waals surface area contributed by atoms with E-state index in [-0.39, 0.29) is 0 Å². The molecule has 1 saturated carbocycles. The molecule has 0 aliphatic heterocycles. The van der Waals surface area contributed by atoms with Crippen molar-refractivity contribution in [2.75, 3.05) is 0 Å². The Morgan fingerprint density at radius 2 is 2.06 bits per heavy atom. The number of benzene rings is 1.